The molecule has 1 amide bonds. The van der Waals surface area contributed by atoms with Crippen molar-refractivity contribution in [3.05, 3.63) is 82.4 Å². The number of hydrogen-bond donors (Lipinski definition) is 2. The Balaban J connectivity index is 1.76. The fourth-order valence-corrected chi connectivity index (χ4v) is 2.51. The largest absolute Gasteiger partial charge is 0.350 e. The highest BCUT2D eigenvalue weighted by atomic mass is 35.5. The lowest BCUT2D eigenvalue weighted by molar-refractivity contribution is 0.102. The first kappa shape index (κ1) is 17.8. The summed E-state index contributed by atoms with van der Waals surface area (Å²) in [6.07, 6.45) is 0. The molecule has 0 unspecified atom stereocenters. The van der Waals surface area contributed by atoms with Crippen molar-refractivity contribution in [2.24, 2.45) is 0 Å². The highest BCUT2D eigenvalue weighted by Gasteiger charge is 2.12. The molecule has 0 spiro atoms. The summed E-state index contributed by atoms with van der Waals surface area (Å²) in [4.78, 5) is 20.9. The van der Waals surface area contributed by atoms with Crippen molar-refractivity contribution < 1.29 is 9.18 Å². The number of aromatic nitrogens is 2. The van der Waals surface area contributed by atoms with Gasteiger partial charge in [0, 0.05) is 17.8 Å². The first-order valence-corrected chi connectivity index (χ1v) is 8.29. The summed E-state index contributed by atoms with van der Waals surface area (Å²) in [6, 6.07) is 14.9. The van der Waals surface area contributed by atoms with Crippen LogP contribution in [0.15, 0.2) is 54.6 Å². The van der Waals surface area contributed by atoms with Gasteiger partial charge in [-0.2, -0.15) is 0 Å². The van der Waals surface area contributed by atoms with Crippen LogP contribution in [0.1, 0.15) is 21.7 Å². The maximum Gasteiger partial charge on any atom is 0.274 e. The molecular weight excluding hydrogens is 355 g/mol. The molecule has 0 saturated heterocycles. The Kier molecular flexibility index (Phi) is 5.43. The average Bonchev–Trinajstić information content (AvgIpc) is 2.62. The lowest BCUT2D eigenvalue weighted by atomic mass is 10.2. The van der Waals surface area contributed by atoms with Crippen LogP contribution in [0.25, 0.3) is 0 Å². The zero-order valence-electron chi connectivity index (χ0n) is 14.0. The van der Waals surface area contributed by atoms with Crippen molar-refractivity contribution in [3.8, 4) is 0 Å². The third-order valence-electron chi connectivity index (χ3n) is 3.60. The molecule has 26 heavy (non-hydrogen) atoms. The Morgan fingerprint density at radius 1 is 1.12 bits per heavy atom. The van der Waals surface area contributed by atoms with Crippen LogP contribution in [-0.2, 0) is 6.54 Å². The van der Waals surface area contributed by atoms with Gasteiger partial charge in [-0.1, -0.05) is 41.9 Å². The maximum atomic E-state index is 13.7. The van der Waals surface area contributed by atoms with Crippen LogP contribution in [0.5, 0.6) is 0 Å². The molecule has 3 aromatic rings. The number of nitrogens with one attached hydrogen (secondary N) is 2. The van der Waals surface area contributed by atoms with Crippen LogP contribution in [0.2, 0.25) is 5.02 Å². The molecule has 5 nitrogen and oxygen atoms in total. The minimum Gasteiger partial charge on any atom is -0.350 e. The van der Waals surface area contributed by atoms with Crippen molar-refractivity contribution in [1.29, 1.82) is 0 Å². The molecule has 0 bridgehead atoms. The number of halogens is 2. The number of benzene rings is 2. The quantitative estimate of drug-likeness (QED) is 0.696. The fourth-order valence-electron chi connectivity index (χ4n) is 2.33. The Labute approximate surface area is 155 Å². The fraction of sp³-hybridized carbons (Fsp3) is 0.105. The number of hydrogen-bond acceptors (Lipinski definition) is 4. The summed E-state index contributed by atoms with van der Waals surface area (Å²) in [6.45, 7) is 1.96. The SMILES string of the molecule is Cc1cc(C(=O)Nc2ccccc2Cl)nc(NCc2ccccc2F)n1. The predicted molar refractivity (Wildman–Crippen MR) is 99.9 cm³/mol. The predicted octanol–water partition coefficient (Wildman–Crippen LogP) is 4.44. The van der Waals surface area contributed by atoms with E-state index in [-0.39, 0.29) is 24.0 Å². The molecule has 0 saturated carbocycles. The van der Waals surface area contributed by atoms with Crippen molar-refractivity contribution in [2.75, 3.05) is 10.6 Å². The number of para-hydroxylation sites is 1. The Morgan fingerprint density at radius 3 is 2.62 bits per heavy atom. The van der Waals surface area contributed by atoms with Gasteiger partial charge in [0.1, 0.15) is 11.5 Å². The Bertz CT molecular complexity index is 948. The summed E-state index contributed by atoms with van der Waals surface area (Å²) in [5.41, 5.74) is 1.78. The van der Waals surface area contributed by atoms with Gasteiger partial charge in [0.2, 0.25) is 5.95 Å². The van der Waals surface area contributed by atoms with Gasteiger partial charge >= 0.3 is 0 Å². The molecule has 7 heteroatoms. The number of anilines is 2. The van der Waals surface area contributed by atoms with E-state index in [1.807, 2.05) is 0 Å². The standard InChI is InChI=1S/C19H16ClFN4O/c1-12-10-17(18(26)24-16-9-5-3-7-14(16)20)25-19(23-12)22-11-13-6-2-4-8-15(13)21/h2-10H,11H2,1H3,(H,24,26)(H,22,23,25). The lowest BCUT2D eigenvalue weighted by Crippen LogP contribution is -2.16. The molecule has 132 valence electrons. The van der Waals surface area contributed by atoms with Crippen molar-refractivity contribution in [1.82, 2.24) is 9.97 Å². The number of rotatable bonds is 5. The average molecular weight is 371 g/mol. The molecule has 0 fully saturated rings. The zero-order chi connectivity index (χ0) is 18.5. The molecular formula is C19H16ClFN4O. The molecule has 0 atom stereocenters. The first-order valence-electron chi connectivity index (χ1n) is 7.92. The summed E-state index contributed by atoms with van der Waals surface area (Å²) >= 11 is 6.06. The molecule has 2 N–H and O–H groups in total. The smallest absolute Gasteiger partial charge is 0.274 e. The van der Waals surface area contributed by atoms with Gasteiger partial charge in [-0.3, -0.25) is 4.79 Å². The number of amides is 1. The third kappa shape index (κ3) is 4.34. The van der Waals surface area contributed by atoms with E-state index >= 15 is 0 Å². The van der Waals surface area contributed by atoms with Crippen LogP contribution >= 0.6 is 11.6 Å². The molecule has 0 aliphatic heterocycles. The number of carbonyl (C=O) groups is 1. The molecule has 3 rings (SSSR count). The van der Waals surface area contributed by atoms with E-state index in [4.69, 9.17) is 11.6 Å². The van der Waals surface area contributed by atoms with E-state index in [0.717, 1.165) is 0 Å². The minimum atomic E-state index is -0.405. The van der Waals surface area contributed by atoms with Crippen LogP contribution in [-0.4, -0.2) is 15.9 Å². The first-order chi connectivity index (χ1) is 12.5. The third-order valence-corrected chi connectivity index (χ3v) is 3.93. The normalized spacial score (nSPS) is 10.4. The summed E-state index contributed by atoms with van der Waals surface area (Å²) in [5.74, 6) is -0.473. The van der Waals surface area contributed by atoms with Gasteiger partial charge in [0.05, 0.1) is 10.7 Å². The second-order valence-electron chi connectivity index (χ2n) is 5.60. The molecule has 0 aliphatic rings. The second kappa shape index (κ2) is 7.93. The number of nitrogens with zero attached hydrogens (tertiary/aromatic N) is 2. The summed E-state index contributed by atoms with van der Waals surface area (Å²) < 4.78 is 13.7. The van der Waals surface area contributed by atoms with Gasteiger partial charge in [-0.05, 0) is 31.2 Å². The van der Waals surface area contributed by atoms with Gasteiger partial charge in [-0.15, -0.1) is 0 Å². The van der Waals surface area contributed by atoms with Crippen LogP contribution in [0, 0.1) is 12.7 Å². The van der Waals surface area contributed by atoms with E-state index in [2.05, 4.69) is 20.6 Å². The molecule has 0 aliphatic carbocycles. The monoisotopic (exact) mass is 370 g/mol. The van der Waals surface area contributed by atoms with E-state index in [1.165, 1.54) is 6.07 Å². The van der Waals surface area contributed by atoms with Crippen molar-refractivity contribution >= 4 is 29.1 Å². The van der Waals surface area contributed by atoms with Crippen LogP contribution in [0.3, 0.4) is 0 Å². The Hall–Kier alpha value is -2.99. The zero-order valence-corrected chi connectivity index (χ0v) is 14.7. The van der Waals surface area contributed by atoms with Gasteiger partial charge < -0.3 is 10.6 Å². The maximum absolute atomic E-state index is 13.7. The van der Waals surface area contributed by atoms with E-state index < -0.39 is 5.91 Å². The highest BCUT2D eigenvalue weighted by Crippen LogP contribution is 2.21. The number of aryl methyl sites for hydroxylation is 1. The van der Waals surface area contributed by atoms with Gasteiger partial charge in [0.15, 0.2) is 0 Å². The van der Waals surface area contributed by atoms with Crippen molar-refractivity contribution in [3.63, 3.8) is 0 Å². The molecule has 1 heterocycles. The summed E-state index contributed by atoms with van der Waals surface area (Å²) in [5, 5.41) is 6.09. The minimum absolute atomic E-state index is 0.188. The van der Waals surface area contributed by atoms with E-state index in [1.54, 1.807) is 55.5 Å². The molecule has 2 aromatic carbocycles. The second-order valence-corrected chi connectivity index (χ2v) is 6.00. The van der Waals surface area contributed by atoms with E-state index in [0.29, 0.717) is 22.0 Å². The van der Waals surface area contributed by atoms with Crippen molar-refractivity contribution in [2.45, 2.75) is 13.5 Å². The lowest BCUT2D eigenvalue weighted by Gasteiger charge is -2.10. The number of carbonyl (C=O) groups excluding carboxylic acids is 1. The van der Waals surface area contributed by atoms with E-state index in [9.17, 15) is 9.18 Å². The van der Waals surface area contributed by atoms with Gasteiger partial charge in [-0.25, -0.2) is 14.4 Å². The van der Waals surface area contributed by atoms with Gasteiger partial charge in [0.25, 0.3) is 5.91 Å². The Morgan fingerprint density at radius 2 is 1.85 bits per heavy atom. The van der Waals surface area contributed by atoms with Crippen LogP contribution < -0.4 is 10.6 Å². The highest BCUT2D eigenvalue weighted by molar-refractivity contribution is 6.33. The summed E-state index contributed by atoms with van der Waals surface area (Å²) in [7, 11) is 0. The van der Waals surface area contributed by atoms with Crippen LogP contribution in [0.4, 0.5) is 16.0 Å². The topological polar surface area (TPSA) is 66.9 Å². The molecule has 0 radical (unpaired) electrons. The molecule has 1 aromatic heterocycles.